The van der Waals surface area contributed by atoms with Gasteiger partial charge in [-0.2, -0.15) is 0 Å². The number of nitrogens with one attached hydrogen (secondary N) is 1. The van der Waals surface area contributed by atoms with E-state index in [1.54, 1.807) is 18.6 Å². The molecule has 0 spiro atoms. The SMILES string of the molecule is CC(C)=CCO[C@H]1CCOC[C@H]1Nc1cnccn1. The van der Waals surface area contributed by atoms with E-state index < -0.39 is 0 Å². The normalized spacial score (nSPS) is 22.8. The smallest absolute Gasteiger partial charge is 0.144 e. The maximum atomic E-state index is 5.91. The molecule has 1 aromatic rings. The van der Waals surface area contributed by atoms with Crippen molar-refractivity contribution in [2.75, 3.05) is 25.1 Å². The van der Waals surface area contributed by atoms with Crippen molar-refractivity contribution in [3.63, 3.8) is 0 Å². The molecule has 1 aliphatic heterocycles. The van der Waals surface area contributed by atoms with Crippen molar-refractivity contribution in [3.05, 3.63) is 30.2 Å². The van der Waals surface area contributed by atoms with E-state index in [1.807, 2.05) is 0 Å². The van der Waals surface area contributed by atoms with Crippen LogP contribution >= 0.6 is 0 Å². The van der Waals surface area contributed by atoms with E-state index in [2.05, 4.69) is 35.2 Å². The molecule has 5 heteroatoms. The van der Waals surface area contributed by atoms with Gasteiger partial charge in [-0.1, -0.05) is 11.6 Å². The Morgan fingerprint density at radius 3 is 3.16 bits per heavy atom. The van der Waals surface area contributed by atoms with Crippen LogP contribution in [0.25, 0.3) is 0 Å². The average molecular weight is 263 g/mol. The maximum Gasteiger partial charge on any atom is 0.144 e. The van der Waals surface area contributed by atoms with Crippen LogP contribution in [0, 0.1) is 0 Å². The van der Waals surface area contributed by atoms with Crippen molar-refractivity contribution >= 4 is 5.82 Å². The van der Waals surface area contributed by atoms with Crippen molar-refractivity contribution in [1.82, 2.24) is 9.97 Å². The summed E-state index contributed by atoms with van der Waals surface area (Å²) < 4.78 is 11.4. The number of hydrogen-bond acceptors (Lipinski definition) is 5. The third kappa shape index (κ3) is 4.61. The van der Waals surface area contributed by atoms with Crippen LogP contribution in [0.15, 0.2) is 30.2 Å². The minimum absolute atomic E-state index is 0.121. The lowest BCUT2D eigenvalue weighted by atomic mass is 10.1. The summed E-state index contributed by atoms with van der Waals surface area (Å²) in [6.45, 7) is 6.17. The zero-order valence-corrected chi connectivity index (χ0v) is 11.5. The third-order valence-electron chi connectivity index (χ3n) is 2.99. The van der Waals surface area contributed by atoms with Crippen LogP contribution in [0.4, 0.5) is 5.82 Å². The van der Waals surface area contributed by atoms with Gasteiger partial charge < -0.3 is 14.8 Å². The second-order valence-electron chi connectivity index (χ2n) is 4.86. The van der Waals surface area contributed by atoms with Crippen molar-refractivity contribution in [2.45, 2.75) is 32.4 Å². The van der Waals surface area contributed by atoms with Gasteiger partial charge in [-0.15, -0.1) is 0 Å². The van der Waals surface area contributed by atoms with E-state index in [-0.39, 0.29) is 12.1 Å². The van der Waals surface area contributed by atoms with Crippen LogP contribution in [-0.4, -0.2) is 41.9 Å². The van der Waals surface area contributed by atoms with E-state index in [0.717, 1.165) is 18.8 Å². The number of rotatable bonds is 5. The molecule has 19 heavy (non-hydrogen) atoms. The van der Waals surface area contributed by atoms with E-state index in [9.17, 15) is 0 Å². The Labute approximate surface area is 114 Å². The molecule has 1 saturated heterocycles. The minimum atomic E-state index is 0.121. The number of nitrogens with zero attached hydrogens (tertiary/aromatic N) is 2. The first-order valence-corrected chi connectivity index (χ1v) is 6.61. The fraction of sp³-hybridized carbons (Fsp3) is 0.571. The van der Waals surface area contributed by atoms with Gasteiger partial charge in [0.25, 0.3) is 0 Å². The molecular formula is C14H21N3O2. The largest absolute Gasteiger partial charge is 0.379 e. The Hall–Kier alpha value is -1.46. The molecule has 5 nitrogen and oxygen atoms in total. The second-order valence-corrected chi connectivity index (χ2v) is 4.86. The molecule has 2 atom stereocenters. The van der Waals surface area contributed by atoms with Crippen LogP contribution < -0.4 is 5.32 Å². The van der Waals surface area contributed by atoms with Gasteiger partial charge in [0.05, 0.1) is 31.6 Å². The topological polar surface area (TPSA) is 56.3 Å². The zero-order valence-electron chi connectivity index (χ0n) is 11.5. The maximum absolute atomic E-state index is 5.91. The summed E-state index contributed by atoms with van der Waals surface area (Å²) in [6.07, 6.45) is 8.17. The van der Waals surface area contributed by atoms with Gasteiger partial charge in [0.2, 0.25) is 0 Å². The second kappa shape index (κ2) is 7.21. The molecule has 0 aliphatic carbocycles. The standard InChI is InChI=1S/C14H21N3O2/c1-11(2)3-8-19-13-4-7-18-10-12(13)17-14-9-15-5-6-16-14/h3,5-6,9,12-13H,4,7-8,10H2,1-2H3,(H,16,17)/t12-,13+/m1/s1. The summed E-state index contributed by atoms with van der Waals surface area (Å²) in [5.74, 6) is 0.758. The van der Waals surface area contributed by atoms with Crippen LogP contribution in [-0.2, 0) is 9.47 Å². The summed E-state index contributed by atoms with van der Waals surface area (Å²) in [7, 11) is 0. The first-order chi connectivity index (χ1) is 9.25. The predicted molar refractivity (Wildman–Crippen MR) is 74.0 cm³/mol. The van der Waals surface area contributed by atoms with Crippen LogP contribution in [0.2, 0.25) is 0 Å². The van der Waals surface area contributed by atoms with Gasteiger partial charge in [0.15, 0.2) is 0 Å². The zero-order chi connectivity index (χ0) is 13.5. The highest BCUT2D eigenvalue weighted by Crippen LogP contribution is 2.16. The summed E-state index contributed by atoms with van der Waals surface area (Å²) in [5.41, 5.74) is 1.27. The molecule has 0 unspecified atom stereocenters. The highest BCUT2D eigenvalue weighted by atomic mass is 16.5. The fourth-order valence-electron chi connectivity index (χ4n) is 1.95. The van der Waals surface area contributed by atoms with Crippen molar-refractivity contribution < 1.29 is 9.47 Å². The lowest BCUT2D eigenvalue weighted by molar-refractivity contribution is -0.0318. The third-order valence-corrected chi connectivity index (χ3v) is 2.99. The molecule has 0 amide bonds. The molecule has 1 aliphatic rings. The summed E-state index contributed by atoms with van der Waals surface area (Å²) in [4.78, 5) is 8.26. The molecule has 0 bridgehead atoms. The molecule has 1 aromatic heterocycles. The number of ether oxygens (including phenoxy) is 2. The molecule has 0 aromatic carbocycles. The summed E-state index contributed by atoms with van der Waals surface area (Å²) >= 11 is 0. The lowest BCUT2D eigenvalue weighted by Crippen LogP contribution is -2.44. The molecule has 2 rings (SSSR count). The van der Waals surface area contributed by atoms with Crippen LogP contribution in [0.1, 0.15) is 20.3 Å². The quantitative estimate of drug-likeness (QED) is 0.824. The highest BCUT2D eigenvalue weighted by Gasteiger charge is 2.26. The number of hydrogen-bond donors (Lipinski definition) is 1. The van der Waals surface area contributed by atoms with Gasteiger partial charge in [0, 0.05) is 19.0 Å². The molecule has 0 radical (unpaired) electrons. The number of anilines is 1. The van der Waals surface area contributed by atoms with Crippen molar-refractivity contribution in [3.8, 4) is 0 Å². The average Bonchev–Trinajstić information content (AvgIpc) is 2.41. The Bertz CT molecular complexity index is 404. The van der Waals surface area contributed by atoms with E-state index in [0.29, 0.717) is 13.2 Å². The van der Waals surface area contributed by atoms with Gasteiger partial charge >= 0.3 is 0 Å². The Kier molecular flexibility index (Phi) is 5.30. The molecule has 2 heterocycles. The monoisotopic (exact) mass is 263 g/mol. The molecular weight excluding hydrogens is 242 g/mol. The highest BCUT2D eigenvalue weighted by molar-refractivity contribution is 5.32. The van der Waals surface area contributed by atoms with E-state index >= 15 is 0 Å². The minimum Gasteiger partial charge on any atom is -0.379 e. The molecule has 104 valence electrons. The Morgan fingerprint density at radius 1 is 1.53 bits per heavy atom. The van der Waals surface area contributed by atoms with Crippen LogP contribution in [0.5, 0.6) is 0 Å². The lowest BCUT2D eigenvalue weighted by Gasteiger charge is -2.32. The van der Waals surface area contributed by atoms with E-state index in [1.165, 1.54) is 5.57 Å². The van der Waals surface area contributed by atoms with Crippen molar-refractivity contribution in [1.29, 1.82) is 0 Å². The van der Waals surface area contributed by atoms with Gasteiger partial charge in [-0.3, -0.25) is 4.98 Å². The van der Waals surface area contributed by atoms with Gasteiger partial charge in [-0.05, 0) is 20.3 Å². The summed E-state index contributed by atoms with van der Waals surface area (Å²) in [5, 5.41) is 3.32. The fourth-order valence-corrected chi connectivity index (χ4v) is 1.95. The molecule has 1 N–H and O–H groups in total. The first kappa shape index (κ1) is 14.0. The Morgan fingerprint density at radius 2 is 2.42 bits per heavy atom. The summed E-state index contributed by atoms with van der Waals surface area (Å²) in [6, 6.07) is 0.121. The van der Waals surface area contributed by atoms with Crippen LogP contribution in [0.3, 0.4) is 0 Å². The molecule has 1 fully saturated rings. The number of allylic oxidation sites excluding steroid dienone is 1. The van der Waals surface area contributed by atoms with Gasteiger partial charge in [0.1, 0.15) is 5.82 Å². The van der Waals surface area contributed by atoms with Gasteiger partial charge in [-0.25, -0.2) is 4.98 Å². The molecule has 0 saturated carbocycles. The Balaban J connectivity index is 1.90. The predicted octanol–water partition coefficient (Wildman–Crippen LogP) is 2.03. The van der Waals surface area contributed by atoms with E-state index in [4.69, 9.17) is 9.47 Å². The number of aromatic nitrogens is 2. The van der Waals surface area contributed by atoms with Crippen molar-refractivity contribution in [2.24, 2.45) is 0 Å². The first-order valence-electron chi connectivity index (χ1n) is 6.61.